The van der Waals surface area contributed by atoms with Crippen molar-refractivity contribution in [3.05, 3.63) is 52.5 Å². The maximum atomic E-state index is 12.5. The van der Waals surface area contributed by atoms with E-state index in [4.69, 9.17) is 17.0 Å². The van der Waals surface area contributed by atoms with E-state index in [2.05, 4.69) is 50.5 Å². The highest BCUT2D eigenvalue weighted by atomic mass is 79.9. The summed E-state index contributed by atoms with van der Waals surface area (Å²) in [6.07, 6.45) is 2.46. The zero-order valence-electron chi connectivity index (χ0n) is 16.0. The normalized spacial score (nSPS) is 14.5. The molecule has 2 aromatic rings. The van der Waals surface area contributed by atoms with E-state index in [9.17, 15) is 4.79 Å². The fourth-order valence-electron chi connectivity index (χ4n) is 3.21. The Labute approximate surface area is 179 Å². The molecule has 1 aliphatic rings. The topological polar surface area (TPSA) is 53.6 Å². The number of amides is 1. The third-order valence-corrected chi connectivity index (χ3v) is 5.60. The van der Waals surface area contributed by atoms with Gasteiger partial charge in [-0.2, -0.15) is 0 Å². The molecule has 2 aromatic carbocycles. The summed E-state index contributed by atoms with van der Waals surface area (Å²) < 4.78 is 6.04. The van der Waals surface area contributed by atoms with Gasteiger partial charge in [-0.15, -0.1) is 0 Å². The summed E-state index contributed by atoms with van der Waals surface area (Å²) in [5.74, 6) is 0.973. The van der Waals surface area contributed by atoms with Crippen molar-refractivity contribution in [3.8, 4) is 5.75 Å². The first-order valence-electron chi connectivity index (χ1n) is 9.27. The molecule has 0 saturated carbocycles. The fourth-order valence-corrected chi connectivity index (χ4v) is 3.78. The smallest absolute Gasteiger partial charge is 0.261 e. The van der Waals surface area contributed by atoms with Gasteiger partial charge in [-0.05, 0) is 73.4 Å². The number of carbonyl (C=O) groups excluding carboxylic acids is 1. The molecular weight excluding hydrogens is 438 g/mol. The first-order chi connectivity index (χ1) is 13.5. The van der Waals surface area contributed by atoms with Crippen LogP contribution in [-0.4, -0.2) is 31.2 Å². The van der Waals surface area contributed by atoms with Crippen molar-refractivity contribution in [2.75, 3.05) is 30.4 Å². The summed E-state index contributed by atoms with van der Waals surface area (Å²) in [6, 6.07) is 13.4. The van der Waals surface area contributed by atoms with E-state index >= 15 is 0 Å². The quantitative estimate of drug-likeness (QED) is 0.639. The molecule has 1 saturated heterocycles. The molecule has 1 heterocycles. The number of hydrogen-bond donors (Lipinski definition) is 2. The van der Waals surface area contributed by atoms with E-state index in [1.165, 1.54) is 25.6 Å². The Morgan fingerprint density at radius 3 is 2.50 bits per heavy atom. The van der Waals surface area contributed by atoms with E-state index in [0.29, 0.717) is 11.3 Å². The highest BCUT2D eigenvalue weighted by Gasteiger charge is 2.16. The molecular formula is C21H24BrN3O2S. The van der Waals surface area contributed by atoms with Crippen LogP contribution in [0.2, 0.25) is 0 Å². The molecule has 2 N–H and O–H groups in total. The number of thiocarbonyl (C=S) groups is 1. The van der Waals surface area contributed by atoms with Gasteiger partial charge >= 0.3 is 0 Å². The zero-order chi connectivity index (χ0) is 20.1. The number of piperidine rings is 1. The van der Waals surface area contributed by atoms with E-state index in [0.717, 1.165) is 29.2 Å². The number of methoxy groups -OCH3 is 1. The average molecular weight is 462 g/mol. The molecule has 1 amide bonds. The van der Waals surface area contributed by atoms with Gasteiger partial charge in [0.2, 0.25) is 0 Å². The predicted octanol–water partition coefficient (Wildman–Crippen LogP) is 4.82. The molecule has 3 rings (SSSR count). The summed E-state index contributed by atoms with van der Waals surface area (Å²) in [6.45, 7) is 4.50. The lowest BCUT2D eigenvalue weighted by molar-refractivity contribution is 0.0974. The number of halogens is 1. The predicted molar refractivity (Wildman–Crippen MR) is 121 cm³/mol. The molecule has 0 radical (unpaired) electrons. The molecule has 28 heavy (non-hydrogen) atoms. The Bertz CT molecular complexity index is 849. The van der Waals surface area contributed by atoms with Crippen molar-refractivity contribution in [2.24, 2.45) is 5.92 Å². The maximum Gasteiger partial charge on any atom is 0.261 e. The number of carbonyl (C=O) groups is 1. The maximum absolute atomic E-state index is 12.5. The first-order valence-corrected chi connectivity index (χ1v) is 10.5. The largest absolute Gasteiger partial charge is 0.496 e. The molecule has 0 atom stereocenters. The third kappa shape index (κ3) is 5.23. The molecule has 1 aliphatic heterocycles. The average Bonchev–Trinajstić information content (AvgIpc) is 2.69. The highest BCUT2D eigenvalue weighted by Crippen LogP contribution is 2.25. The van der Waals surface area contributed by atoms with Crippen LogP contribution >= 0.6 is 28.1 Å². The van der Waals surface area contributed by atoms with Crippen molar-refractivity contribution < 1.29 is 9.53 Å². The fraction of sp³-hybridized carbons (Fsp3) is 0.333. The van der Waals surface area contributed by atoms with Crippen molar-refractivity contribution >= 4 is 50.5 Å². The van der Waals surface area contributed by atoms with Gasteiger partial charge in [-0.1, -0.05) is 22.9 Å². The van der Waals surface area contributed by atoms with Gasteiger partial charge in [0.05, 0.1) is 12.7 Å². The second-order valence-corrected chi connectivity index (χ2v) is 8.29. The monoisotopic (exact) mass is 461 g/mol. The lowest BCUT2D eigenvalue weighted by atomic mass is 9.99. The van der Waals surface area contributed by atoms with Crippen LogP contribution in [-0.2, 0) is 0 Å². The van der Waals surface area contributed by atoms with Crippen molar-refractivity contribution in [2.45, 2.75) is 19.8 Å². The Morgan fingerprint density at radius 2 is 1.86 bits per heavy atom. The minimum atomic E-state index is -0.324. The summed E-state index contributed by atoms with van der Waals surface area (Å²) in [7, 11) is 1.53. The number of nitrogens with one attached hydrogen (secondary N) is 2. The van der Waals surface area contributed by atoms with Crippen molar-refractivity contribution in [1.29, 1.82) is 0 Å². The van der Waals surface area contributed by atoms with E-state index in [1.54, 1.807) is 12.1 Å². The van der Waals surface area contributed by atoms with Crippen LogP contribution in [0.5, 0.6) is 5.75 Å². The standard InChI is InChI=1S/C21H24BrN3O2S/c1-14-9-11-25(12-10-14)17-6-4-16(5-7-17)23-21(28)24-20(26)18-13-15(22)3-8-19(18)27-2/h3-8,13-14H,9-12H2,1-2H3,(H2,23,24,26,28). The number of benzene rings is 2. The van der Waals surface area contributed by atoms with Gasteiger partial charge in [0.1, 0.15) is 5.75 Å². The number of hydrogen-bond acceptors (Lipinski definition) is 4. The van der Waals surface area contributed by atoms with Gasteiger partial charge < -0.3 is 15.0 Å². The molecule has 0 aliphatic carbocycles. The Kier molecular flexibility index (Phi) is 6.91. The highest BCUT2D eigenvalue weighted by molar-refractivity contribution is 9.10. The minimum absolute atomic E-state index is 0.242. The van der Waals surface area contributed by atoms with Crippen LogP contribution in [0.15, 0.2) is 46.9 Å². The van der Waals surface area contributed by atoms with Crippen LogP contribution in [0.25, 0.3) is 0 Å². The summed E-state index contributed by atoms with van der Waals surface area (Å²) >= 11 is 8.66. The number of nitrogens with zero attached hydrogens (tertiary/aromatic N) is 1. The van der Waals surface area contributed by atoms with E-state index in [1.807, 2.05) is 18.2 Å². The van der Waals surface area contributed by atoms with Crippen LogP contribution in [0, 0.1) is 5.92 Å². The molecule has 148 valence electrons. The summed E-state index contributed by atoms with van der Waals surface area (Å²) in [5.41, 5.74) is 2.46. The lowest BCUT2D eigenvalue weighted by Gasteiger charge is -2.32. The second kappa shape index (κ2) is 9.39. The molecule has 5 nitrogen and oxygen atoms in total. The minimum Gasteiger partial charge on any atom is -0.496 e. The van der Waals surface area contributed by atoms with Crippen LogP contribution < -0.4 is 20.3 Å². The van der Waals surface area contributed by atoms with Crippen LogP contribution in [0.1, 0.15) is 30.1 Å². The van der Waals surface area contributed by atoms with Gasteiger partial charge in [0, 0.05) is 28.9 Å². The number of anilines is 2. The molecule has 0 aromatic heterocycles. The van der Waals surface area contributed by atoms with E-state index < -0.39 is 0 Å². The van der Waals surface area contributed by atoms with Crippen LogP contribution in [0.3, 0.4) is 0 Å². The van der Waals surface area contributed by atoms with Gasteiger partial charge in [0.15, 0.2) is 5.11 Å². The van der Waals surface area contributed by atoms with Crippen molar-refractivity contribution in [3.63, 3.8) is 0 Å². The van der Waals surface area contributed by atoms with Gasteiger partial charge in [0.25, 0.3) is 5.91 Å². The lowest BCUT2D eigenvalue weighted by Crippen LogP contribution is -2.34. The number of rotatable bonds is 4. The first kappa shape index (κ1) is 20.6. The summed E-state index contributed by atoms with van der Waals surface area (Å²) in [5, 5.41) is 6.00. The van der Waals surface area contributed by atoms with Crippen LogP contribution in [0.4, 0.5) is 11.4 Å². The van der Waals surface area contributed by atoms with E-state index in [-0.39, 0.29) is 11.0 Å². The van der Waals surface area contributed by atoms with Gasteiger partial charge in [-0.25, -0.2) is 0 Å². The molecule has 1 fully saturated rings. The SMILES string of the molecule is COc1ccc(Br)cc1C(=O)NC(=S)Nc1ccc(N2CCC(C)CC2)cc1. The molecule has 0 unspecified atom stereocenters. The number of ether oxygens (including phenoxy) is 1. The Balaban J connectivity index is 1.59. The second-order valence-electron chi connectivity index (χ2n) is 6.97. The molecule has 0 bridgehead atoms. The summed E-state index contributed by atoms with van der Waals surface area (Å²) in [4.78, 5) is 14.9. The zero-order valence-corrected chi connectivity index (χ0v) is 18.4. The third-order valence-electron chi connectivity index (χ3n) is 4.91. The van der Waals surface area contributed by atoms with Crippen molar-refractivity contribution in [1.82, 2.24) is 5.32 Å². The molecule has 7 heteroatoms. The Hall–Kier alpha value is -2.12. The van der Waals surface area contributed by atoms with Gasteiger partial charge in [-0.3, -0.25) is 10.1 Å². The molecule has 0 spiro atoms. The Morgan fingerprint density at radius 1 is 1.18 bits per heavy atom.